The highest BCUT2D eigenvalue weighted by Crippen LogP contribution is 2.15. The topological polar surface area (TPSA) is 63.6 Å². The number of piperidine rings is 1. The molecule has 3 rings (SSSR count). The van der Waals surface area contributed by atoms with Crippen LogP contribution in [0.15, 0.2) is 23.0 Å². The van der Waals surface area contributed by atoms with Gasteiger partial charge in [0.15, 0.2) is 5.43 Å². The van der Waals surface area contributed by atoms with Gasteiger partial charge < -0.3 is 14.6 Å². The summed E-state index contributed by atoms with van der Waals surface area (Å²) in [6.07, 6.45) is 3.71. The molecule has 2 heterocycles. The van der Waals surface area contributed by atoms with E-state index in [2.05, 4.69) is 11.9 Å². The summed E-state index contributed by atoms with van der Waals surface area (Å²) in [7, 11) is 0. The molecule has 134 valence electrons. The Morgan fingerprint density at radius 2 is 2.16 bits per heavy atom. The van der Waals surface area contributed by atoms with Gasteiger partial charge in [-0.2, -0.15) is 0 Å². The third-order valence-corrected chi connectivity index (χ3v) is 5.31. The highest BCUT2D eigenvalue weighted by molar-refractivity contribution is 5.94. The number of hydrogen-bond acceptors (Lipinski definition) is 3. The Labute approximate surface area is 148 Å². The number of benzene rings is 1. The number of quaternary nitrogens is 1. The molecule has 2 aromatic rings. The molecule has 2 N–H and O–H groups in total. The Hall–Kier alpha value is -2.14. The lowest BCUT2D eigenvalue weighted by molar-refractivity contribution is -0.942. The normalized spacial score (nSPS) is 20.6. The van der Waals surface area contributed by atoms with Crippen LogP contribution in [0, 0.1) is 6.92 Å². The number of nitrogens with one attached hydrogen (secondary N) is 2. The highest BCUT2D eigenvalue weighted by Gasteiger charge is 2.24. The molecule has 1 unspecified atom stereocenters. The lowest BCUT2D eigenvalue weighted by atomic mass is 10.0. The van der Waals surface area contributed by atoms with Gasteiger partial charge >= 0.3 is 5.97 Å². The molecule has 0 radical (unpaired) electrons. The lowest BCUT2D eigenvalue weighted by Crippen LogP contribution is -3.15. The number of aromatic amines is 1. The van der Waals surface area contributed by atoms with Crippen molar-refractivity contribution in [3.05, 3.63) is 45.2 Å². The van der Waals surface area contributed by atoms with Gasteiger partial charge in [0.05, 0.1) is 30.3 Å². The number of hydrogen-bond donors (Lipinski definition) is 2. The SMILES string of the molecule is CCOC(=O)c1ccc2[nH]c(C)c(C[NH+]3CCCC[C@@H]3C)c(=O)c2c1. The van der Waals surface area contributed by atoms with Gasteiger partial charge in [0.1, 0.15) is 6.54 Å². The van der Waals surface area contributed by atoms with Gasteiger partial charge in [0, 0.05) is 16.6 Å². The van der Waals surface area contributed by atoms with E-state index >= 15 is 0 Å². The van der Waals surface area contributed by atoms with E-state index < -0.39 is 0 Å². The number of esters is 1. The van der Waals surface area contributed by atoms with Crippen LogP contribution in [0.2, 0.25) is 0 Å². The van der Waals surface area contributed by atoms with E-state index in [4.69, 9.17) is 4.74 Å². The van der Waals surface area contributed by atoms with E-state index in [9.17, 15) is 9.59 Å². The zero-order chi connectivity index (χ0) is 18.0. The maximum atomic E-state index is 13.1. The standard InChI is InChI=1S/C20H26N2O3/c1-4-25-20(24)15-8-9-18-16(11-15)19(23)17(14(3)21-18)12-22-10-6-5-7-13(22)2/h8-9,11,13H,4-7,10,12H2,1-3H3,(H,21,23)/p+1/t13-/m0/s1. The Kier molecular flexibility index (Phi) is 5.23. The number of H-pyrrole nitrogens is 1. The van der Waals surface area contributed by atoms with Gasteiger partial charge in [-0.05, 0) is 58.2 Å². The lowest BCUT2D eigenvalue weighted by Gasteiger charge is -2.30. The first-order valence-corrected chi connectivity index (χ1v) is 9.18. The number of carbonyl (C=O) groups excluding carboxylic acids is 1. The largest absolute Gasteiger partial charge is 0.462 e. The van der Waals surface area contributed by atoms with Gasteiger partial charge in [-0.1, -0.05) is 0 Å². The minimum Gasteiger partial charge on any atom is -0.462 e. The second kappa shape index (κ2) is 7.40. The fourth-order valence-corrected chi connectivity index (χ4v) is 3.75. The van der Waals surface area contributed by atoms with Crippen LogP contribution >= 0.6 is 0 Å². The van der Waals surface area contributed by atoms with Crippen LogP contribution in [0.4, 0.5) is 0 Å². The van der Waals surface area contributed by atoms with Crippen molar-refractivity contribution >= 4 is 16.9 Å². The Morgan fingerprint density at radius 3 is 2.88 bits per heavy atom. The summed E-state index contributed by atoms with van der Waals surface area (Å²) in [4.78, 5) is 29.9. The first-order valence-electron chi connectivity index (χ1n) is 9.18. The van der Waals surface area contributed by atoms with Gasteiger partial charge in [-0.3, -0.25) is 4.79 Å². The third kappa shape index (κ3) is 3.61. The Balaban J connectivity index is 2.00. The van der Waals surface area contributed by atoms with Crippen molar-refractivity contribution in [3.8, 4) is 0 Å². The smallest absolute Gasteiger partial charge is 0.338 e. The number of aryl methyl sites for hydroxylation is 1. The minimum absolute atomic E-state index is 0.0303. The molecule has 0 spiro atoms. The second-order valence-corrected chi connectivity index (χ2v) is 7.02. The van der Waals surface area contributed by atoms with Crippen LogP contribution in [0.1, 0.15) is 54.7 Å². The number of carbonyl (C=O) groups is 1. The molecule has 0 amide bonds. The average molecular weight is 343 g/mol. The Bertz CT molecular complexity index is 841. The predicted molar refractivity (Wildman–Crippen MR) is 98.1 cm³/mol. The van der Waals surface area contributed by atoms with Gasteiger partial charge in [-0.15, -0.1) is 0 Å². The number of rotatable bonds is 4. The van der Waals surface area contributed by atoms with Crippen LogP contribution in [0.25, 0.3) is 10.9 Å². The number of ether oxygens (including phenoxy) is 1. The van der Waals surface area contributed by atoms with Crippen LogP contribution in [0.3, 0.4) is 0 Å². The maximum absolute atomic E-state index is 13.1. The minimum atomic E-state index is -0.388. The van der Waals surface area contributed by atoms with Crippen molar-refractivity contribution in [2.24, 2.45) is 0 Å². The van der Waals surface area contributed by atoms with E-state index in [0.717, 1.165) is 29.9 Å². The summed E-state index contributed by atoms with van der Waals surface area (Å²) in [5.74, 6) is -0.388. The van der Waals surface area contributed by atoms with Crippen molar-refractivity contribution in [1.29, 1.82) is 0 Å². The van der Waals surface area contributed by atoms with Gasteiger partial charge in [0.2, 0.25) is 0 Å². The van der Waals surface area contributed by atoms with Crippen molar-refractivity contribution in [1.82, 2.24) is 4.98 Å². The zero-order valence-corrected chi connectivity index (χ0v) is 15.3. The van der Waals surface area contributed by atoms with Crippen LogP contribution in [-0.4, -0.2) is 30.1 Å². The first-order chi connectivity index (χ1) is 12.0. The number of fused-ring (bicyclic) bond motifs is 1. The first kappa shape index (κ1) is 17.7. The van der Waals surface area contributed by atoms with Crippen molar-refractivity contribution in [3.63, 3.8) is 0 Å². The van der Waals surface area contributed by atoms with Crippen LogP contribution < -0.4 is 10.3 Å². The monoisotopic (exact) mass is 343 g/mol. The van der Waals surface area contributed by atoms with Crippen molar-refractivity contribution < 1.29 is 14.4 Å². The molecule has 25 heavy (non-hydrogen) atoms. The summed E-state index contributed by atoms with van der Waals surface area (Å²) < 4.78 is 5.05. The zero-order valence-electron chi connectivity index (χ0n) is 15.3. The van der Waals surface area contributed by atoms with Crippen molar-refractivity contribution in [2.75, 3.05) is 13.2 Å². The fourth-order valence-electron chi connectivity index (χ4n) is 3.75. The van der Waals surface area contributed by atoms with E-state index in [1.807, 2.05) is 6.92 Å². The summed E-state index contributed by atoms with van der Waals surface area (Å²) >= 11 is 0. The molecule has 2 atom stereocenters. The molecular weight excluding hydrogens is 316 g/mol. The van der Waals surface area contributed by atoms with Gasteiger partial charge in [0.25, 0.3) is 0 Å². The molecule has 1 saturated heterocycles. The maximum Gasteiger partial charge on any atom is 0.338 e. The molecule has 1 aliphatic rings. The molecule has 1 fully saturated rings. The van der Waals surface area contributed by atoms with E-state index in [-0.39, 0.29) is 11.4 Å². The second-order valence-electron chi connectivity index (χ2n) is 7.02. The molecular formula is C20H27N2O3+. The Morgan fingerprint density at radius 1 is 1.36 bits per heavy atom. The summed E-state index contributed by atoms with van der Waals surface area (Å²) in [5, 5.41) is 0.565. The van der Waals surface area contributed by atoms with Crippen molar-refractivity contribution in [2.45, 2.75) is 52.6 Å². The van der Waals surface area contributed by atoms with Gasteiger partial charge in [-0.25, -0.2) is 4.79 Å². The summed E-state index contributed by atoms with van der Waals surface area (Å²) in [6, 6.07) is 5.72. The molecule has 1 aliphatic heterocycles. The average Bonchev–Trinajstić information content (AvgIpc) is 2.60. The molecule has 0 aliphatic carbocycles. The number of aromatic nitrogens is 1. The summed E-state index contributed by atoms with van der Waals surface area (Å²) in [6.45, 7) is 8.17. The van der Waals surface area contributed by atoms with E-state index in [0.29, 0.717) is 23.6 Å². The summed E-state index contributed by atoms with van der Waals surface area (Å²) in [5.41, 5.74) is 2.97. The highest BCUT2D eigenvalue weighted by atomic mass is 16.5. The molecule has 5 nitrogen and oxygen atoms in total. The van der Waals surface area contributed by atoms with Crippen LogP contribution in [-0.2, 0) is 11.3 Å². The predicted octanol–water partition coefficient (Wildman–Crippen LogP) is 1.97. The molecule has 0 bridgehead atoms. The van der Waals surface area contributed by atoms with E-state index in [1.165, 1.54) is 24.2 Å². The third-order valence-electron chi connectivity index (χ3n) is 5.31. The number of likely N-dealkylation sites (tertiary alicyclic amines) is 1. The van der Waals surface area contributed by atoms with E-state index in [1.54, 1.807) is 25.1 Å². The van der Waals surface area contributed by atoms with Crippen LogP contribution in [0.5, 0.6) is 0 Å². The quantitative estimate of drug-likeness (QED) is 0.835. The molecule has 0 saturated carbocycles. The molecule has 1 aromatic heterocycles. The fraction of sp³-hybridized carbons (Fsp3) is 0.500. The number of pyridine rings is 1. The molecule has 5 heteroatoms. The molecule has 1 aromatic carbocycles.